The second-order valence-electron chi connectivity index (χ2n) is 6.09. The van der Waals surface area contributed by atoms with Gasteiger partial charge in [0.15, 0.2) is 22.7 Å². The summed E-state index contributed by atoms with van der Waals surface area (Å²) in [5.41, 5.74) is 3.34. The summed E-state index contributed by atoms with van der Waals surface area (Å²) in [6.45, 7) is 2.44. The fourth-order valence-electron chi connectivity index (χ4n) is 2.82. The number of ether oxygens (including phenoxy) is 2. The molecular weight excluding hydrogens is 364 g/mol. The van der Waals surface area contributed by atoms with E-state index in [0.717, 1.165) is 10.1 Å². The number of aryl methyl sites for hydroxylation is 2. The molecule has 3 aromatic rings. The van der Waals surface area contributed by atoms with Gasteiger partial charge in [0.2, 0.25) is 5.95 Å². The minimum absolute atomic E-state index is 0.288. The number of hydrogen-bond acceptors (Lipinski definition) is 7. The van der Waals surface area contributed by atoms with Gasteiger partial charge in [0, 0.05) is 21.1 Å². The number of benzene rings is 1. The first kappa shape index (κ1) is 19.2. The molecule has 148 valence electrons. The summed E-state index contributed by atoms with van der Waals surface area (Å²) < 4.78 is 14.7. The summed E-state index contributed by atoms with van der Waals surface area (Å²) in [6, 6.07) is 5.44. The van der Waals surface area contributed by atoms with Gasteiger partial charge >= 0.3 is 5.69 Å². The normalized spacial score (nSPS) is 11.3. The number of anilines is 1. The van der Waals surface area contributed by atoms with Crippen molar-refractivity contribution in [3.05, 3.63) is 44.6 Å². The smallest absolute Gasteiger partial charge is 0.332 e. The van der Waals surface area contributed by atoms with Crippen LogP contribution in [0, 0.1) is 0 Å². The minimum Gasteiger partial charge on any atom is -0.493 e. The van der Waals surface area contributed by atoms with Crippen molar-refractivity contribution >= 4 is 23.3 Å². The Bertz CT molecular complexity index is 1170. The summed E-state index contributed by atoms with van der Waals surface area (Å²) >= 11 is 0. The zero-order valence-corrected chi connectivity index (χ0v) is 16.4. The molecule has 0 aliphatic carbocycles. The first-order valence-corrected chi connectivity index (χ1v) is 8.61. The maximum Gasteiger partial charge on any atom is 0.332 e. The van der Waals surface area contributed by atoms with Crippen LogP contribution < -0.4 is 26.1 Å². The van der Waals surface area contributed by atoms with Gasteiger partial charge in [0.05, 0.1) is 19.9 Å². The summed E-state index contributed by atoms with van der Waals surface area (Å²) in [5.74, 6) is 1.59. The third-order valence-electron chi connectivity index (χ3n) is 4.34. The molecule has 1 N–H and O–H groups in total. The lowest BCUT2D eigenvalue weighted by Gasteiger charge is -2.09. The standard InChI is InChI=1S/C18H22N6O4/c1-6-28-12-8-7-11(9-13(12)27-5)10-19-21-17-20-15-14(22(17)2)16(25)24(4)18(26)23(15)3/h7-10H,6H2,1-5H3,(H,20,21)/b19-10-. The molecule has 2 heterocycles. The Kier molecular flexibility index (Phi) is 5.21. The summed E-state index contributed by atoms with van der Waals surface area (Å²) in [6.07, 6.45) is 1.59. The van der Waals surface area contributed by atoms with Crippen molar-refractivity contribution in [2.75, 3.05) is 19.1 Å². The number of fused-ring (bicyclic) bond motifs is 1. The first-order valence-electron chi connectivity index (χ1n) is 8.61. The topological polar surface area (TPSA) is 105 Å². The van der Waals surface area contributed by atoms with Gasteiger partial charge in [-0.1, -0.05) is 0 Å². The highest BCUT2D eigenvalue weighted by Crippen LogP contribution is 2.27. The number of imidazole rings is 1. The van der Waals surface area contributed by atoms with Crippen molar-refractivity contribution in [2.24, 2.45) is 26.2 Å². The number of methoxy groups -OCH3 is 1. The SMILES string of the molecule is CCOc1ccc(/C=N\Nc2nc3c(c(=O)n(C)c(=O)n3C)n2C)cc1OC. The van der Waals surface area contributed by atoms with Crippen LogP contribution in [0.25, 0.3) is 11.2 Å². The second kappa shape index (κ2) is 7.59. The van der Waals surface area contributed by atoms with Crippen LogP contribution in [0.3, 0.4) is 0 Å². The molecule has 0 atom stereocenters. The zero-order chi connectivity index (χ0) is 20.4. The van der Waals surface area contributed by atoms with E-state index in [1.165, 1.54) is 11.6 Å². The van der Waals surface area contributed by atoms with Crippen LogP contribution in [0.5, 0.6) is 11.5 Å². The van der Waals surface area contributed by atoms with Crippen molar-refractivity contribution in [1.82, 2.24) is 18.7 Å². The van der Waals surface area contributed by atoms with Crippen molar-refractivity contribution in [1.29, 1.82) is 0 Å². The van der Waals surface area contributed by atoms with Crippen LogP contribution in [0.15, 0.2) is 32.9 Å². The van der Waals surface area contributed by atoms with Gasteiger partial charge in [-0.2, -0.15) is 10.1 Å². The van der Waals surface area contributed by atoms with E-state index in [1.54, 1.807) is 44.1 Å². The van der Waals surface area contributed by atoms with E-state index in [1.807, 2.05) is 13.0 Å². The van der Waals surface area contributed by atoms with Crippen molar-refractivity contribution in [3.63, 3.8) is 0 Å². The van der Waals surface area contributed by atoms with E-state index in [2.05, 4.69) is 15.5 Å². The Hall–Kier alpha value is -3.56. The molecule has 0 aliphatic rings. The maximum atomic E-state index is 12.4. The van der Waals surface area contributed by atoms with Gasteiger partial charge in [-0.05, 0) is 30.7 Å². The Morgan fingerprint density at radius 1 is 1.14 bits per heavy atom. The number of nitrogens with one attached hydrogen (secondary N) is 1. The third-order valence-corrected chi connectivity index (χ3v) is 4.34. The molecule has 0 spiro atoms. The molecule has 10 nitrogen and oxygen atoms in total. The quantitative estimate of drug-likeness (QED) is 0.497. The molecule has 0 radical (unpaired) electrons. The van der Waals surface area contributed by atoms with E-state index in [4.69, 9.17) is 9.47 Å². The third kappa shape index (κ3) is 3.24. The van der Waals surface area contributed by atoms with Crippen LogP contribution in [-0.4, -0.2) is 38.6 Å². The van der Waals surface area contributed by atoms with Crippen molar-refractivity contribution in [3.8, 4) is 11.5 Å². The number of aromatic nitrogens is 4. The molecule has 1 aromatic carbocycles. The lowest BCUT2D eigenvalue weighted by Crippen LogP contribution is -2.37. The fraction of sp³-hybridized carbons (Fsp3) is 0.333. The lowest BCUT2D eigenvalue weighted by atomic mass is 10.2. The average molecular weight is 386 g/mol. The fourth-order valence-corrected chi connectivity index (χ4v) is 2.82. The van der Waals surface area contributed by atoms with Gasteiger partial charge in [0.25, 0.3) is 5.56 Å². The van der Waals surface area contributed by atoms with Crippen LogP contribution >= 0.6 is 0 Å². The zero-order valence-electron chi connectivity index (χ0n) is 16.4. The second-order valence-corrected chi connectivity index (χ2v) is 6.09. The van der Waals surface area contributed by atoms with Crippen LogP contribution in [-0.2, 0) is 21.1 Å². The van der Waals surface area contributed by atoms with Gasteiger partial charge < -0.3 is 14.0 Å². The minimum atomic E-state index is -0.438. The highest BCUT2D eigenvalue weighted by Gasteiger charge is 2.16. The predicted octanol–water partition coefficient (Wildman–Crippen LogP) is 0.824. The van der Waals surface area contributed by atoms with Gasteiger partial charge in [-0.25, -0.2) is 10.2 Å². The van der Waals surface area contributed by atoms with Crippen molar-refractivity contribution in [2.45, 2.75) is 6.92 Å². The van der Waals surface area contributed by atoms with Crippen molar-refractivity contribution < 1.29 is 9.47 Å². The molecule has 0 unspecified atom stereocenters. The Morgan fingerprint density at radius 2 is 1.89 bits per heavy atom. The maximum absolute atomic E-state index is 12.4. The van der Waals surface area contributed by atoms with Crippen LogP contribution in [0.4, 0.5) is 5.95 Å². The largest absolute Gasteiger partial charge is 0.493 e. The summed E-state index contributed by atoms with van der Waals surface area (Å²) in [7, 11) is 6.25. The molecule has 0 saturated carbocycles. The first-order chi connectivity index (χ1) is 13.4. The van der Waals surface area contributed by atoms with E-state index in [-0.39, 0.29) is 5.65 Å². The lowest BCUT2D eigenvalue weighted by molar-refractivity contribution is 0.311. The molecule has 0 amide bonds. The number of nitrogens with zero attached hydrogens (tertiary/aromatic N) is 5. The Morgan fingerprint density at radius 3 is 2.57 bits per heavy atom. The number of hydrogen-bond donors (Lipinski definition) is 1. The predicted molar refractivity (Wildman–Crippen MR) is 107 cm³/mol. The molecule has 3 rings (SSSR count). The van der Waals surface area contributed by atoms with E-state index >= 15 is 0 Å². The van der Waals surface area contributed by atoms with Gasteiger partial charge in [-0.3, -0.25) is 13.9 Å². The highest BCUT2D eigenvalue weighted by molar-refractivity contribution is 5.81. The molecule has 10 heteroatoms. The molecule has 0 fully saturated rings. The van der Waals surface area contributed by atoms with Crippen LogP contribution in [0.1, 0.15) is 12.5 Å². The van der Waals surface area contributed by atoms with E-state index < -0.39 is 11.2 Å². The van der Waals surface area contributed by atoms with E-state index in [9.17, 15) is 9.59 Å². The summed E-state index contributed by atoms with van der Waals surface area (Å²) in [4.78, 5) is 28.8. The molecule has 0 bridgehead atoms. The average Bonchev–Trinajstić information content (AvgIpc) is 3.02. The number of hydrazone groups is 1. The molecule has 2 aromatic heterocycles. The highest BCUT2D eigenvalue weighted by atomic mass is 16.5. The molecule has 0 saturated heterocycles. The molecule has 28 heavy (non-hydrogen) atoms. The Balaban J connectivity index is 1.91. The van der Waals surface area contributed by atoms with Crippen LogP contribution in [0.2, 0.25) is 0 Å². The Labute approximate surface area is 160 Å². The molecule has 0 aliphatic heterocycles. The number of rotatable bonds is 6. The van der Waals surface area contributed by atoms with E-state index in [0.29, 0.717) is 29.6 Å². The summed E-state index contributed by atoms with van der Waals surface area (Å²) in [5, 5.41) is 4.17. The van der Waals surface area contributed by atoms with Gasteiger partial charge in [0.1, 0.15) is 0 Å². The van der Waals surface area contributed by atoms with Gasteiger partial charge in [-0.15, -0.1) is 0 Å². The molecular formula is C18H22N6O4. The monoisotopic (exact) mass is 386 g/mol.